The zero-order chi connectivity index (χ0) is 18.1. The Morgan fingerprint density at radius 2 is 1.60 bits per heavy atom. The molecule has 0 saturated carbocycles. The summed E-state index contributed by atoms with van der Waals surface area (Å²) in [7, 11) is 0. The van der Waals surface area contributed by atoms with Crippen LogP contribution in [0, 0.1) is 0 Å². The van der Waals surface area contributed by atoms with Gasteiger partial charge in [0.05, 0.1) is 6.54 Å². The molecule has 1 heterocycles. The van der Waals surface area contributed by atoms with E-state index in [2.05, 4.69) is 19.2 Å². The molecule has 0 atom stereocenters. The molecule has 0 radical (unpaired) electrons. The molecular formula is C20H31N3O2. The molecular weight excluding hydrogens is 314 g/mol. The Labute approximate surface area is 151 Å². The van der Waals surface area contributed by atoms with Gasteiger partial charge in [0.1, 0.15) is 0 Å². The molecule has 1 aliphatic heterocycles. The first-order chi connectivity index (χ1) is 12.2. The number of rotatable bonds is 8. The number of nitrogens with zero attached hydrogens (tertiary/aromatic N) is 2. The number of carbonyl (C=O) groups is 2. The highest BCUT2D eigenvalue weighted by Gasteiger charge is 2.18. The summed E-state index contributed by atoms with van der Waals surface area (Å²) in [6, 6.07) is 7.46. The molecule has 0 spiro atoms. The second-order valence-corrected chi connectivity index (χ2v) is 6.66. The van der Waals surface area contributed by atoms with Crippen molar-refractivity contribution in [1.29, 1.82) is 0 Å². The average Bonchev–Trinajstić information content (AvgIpc) is 2.66. The smallest absolute Gasteiger partial charge is 0.253 e. The predicted octanol–water partition coefficient (Wildman–Crippen LogP) is 3.37. The molecule has 0 aromatic heterocycles. The molecule has 1 aromatic rings. The standard InChI is InChI=1S/C20H31N3O2/c1-3-12-22(13-4-2)19(24)16-21-18-10-8-17(9-11-18)20(25)23-14-6-5-7-15-23/h8-11,21H,3-7,12-16H2,1-2H3. The van der Waals surface area contributed by atoms with E-state index in [4.69, 9.17) is 0 Å². The Hall–Kier alpha value is -2.04. The molecule has 2 rings (SSSR count). The molecule has 1 saturated heterocycles. The van der Waals surface area contributed by atoms with Gasteiger partial charge in [0.25, 0.3) is 5.91 Å². The predicted molar refractivity (Wildman–Crippen MR) is 102 cm³/mol. The molecule has 0 aliphatic carbocycles. The zero-order valence-electron chi connectivity index (χ0n) is 15.6. The normalized spacial score (nSPS) is 14.2. The summed E-state index contributed by atoms with van der Waals surface area (Å²) in [5, 5.41) is 3.17. The number of benzene rings is 1. The van der Waals surface area contributed by atoms with Crippen LogP contribution >= 0.6 is 0 Å². The van der Waals surface area contributed by atoms with Crippen molar-refractivity contribution >= 4 is 17.5 Å². The van der Waals surface area contributed by atoms with E-state index >= 15 is 0 Å². The van der Waals surface area contributed by atoms with Crippen LogP contribution in [-0.2, 0) is 4.79 Å². The third-order valence-electron chi connectivity index (χ3n) is 4.56. The molecule has 1 aliphatic rings. The maximum absolute atomic E-state index is 12.5. The molecule has 0 bridgehead atoms. The second kappa shape index (κ2) is 10.1. The van der Waals surface area contributed by atoms with Gasteiger partial charge in [0.2, 0.25) is 5.91 Å². The summed E-state index contributed by atoms with van der Waals surface area (Å²) in [5.41, 5.74) is 1.59. The highest BCUT2D eigenvalue weighted by molar-refractivity contribution is 5.94. The first kappa shape index (κ1) is 19.3. The lowest BCUT2D eigenvalue weighted by Gasteiger charge is -2.26. The fourth-order valence-electron chi connectivity index (χ4n) is 3.20. The number of hydrogen-bond acceptors (Lipinski definition) is 3. The molecule has 25 heavy (non-hydrogen) atoms. The van der Waals surface area contributed by atoms with Crippen LogP contribution < -0.4 is 5.32 Å². The lowest BCUT2D eigenvalue weighted by atomic mass is 10.1. The first-order valence-corrected chi connectivity index (χ1v) is 9.56. The minimum absolute atomic E-state index is 0.111. The van der Waals surface area contributed by atoms with Crippen molar-refractivity contribution in [2.45, 2.75) is 46.0 Å². The first-order valence-electron chi connectivity index (χ1n) is 9.56. The van der Waals surface area contributed by atoms with E-state index < -0.39 is 0 Å². The minimum Gasteiger partial charge on any atom is -0.376 e. The third kappa shape index (κ3) is 5.76. The number of nitrogens with one attached hydrogen (secondary N) is 1. The van der Waals surface area contributed by atoms with Crippen LogP contribution in [0.15, 0.2) is 24.3 Å². The zero-order valence-corrected chi connectivity index (χ0v) is 15.6. The van der Waals surface area contributed by atoms with Crippen molar-refractivity contribution in [3.8, 4) is 0 Å². The van der Waals surface area contributed by atoms with Gasteiger partial charge in [-0.15, -0.1) is 0 Å². The van der Waals surface area contributed by atoms with Gasteiger partial charge in [-0.1, -0.05) is 13.8 Å². The summed E-state index contributed by atoms with van der Waals surface area (Å²) < 4.78 is 0. The van der Waals surface area contributed by atoms with Crippen molar-refractivity contribution in [2.24, 2.45) is 0 Å². The number of hydrogen-bond donors (Lipinski definition) is 1. The summed E-state index contributed by atoms with van der Waals surface area (Å²) in [6.07, 6.45) is 5.35. The Morgan fingerprint density at radius 3 is 2.16 bits per heavy atom. The maximum atomic E-state index is 12.5. The van der Waals surface area contributed by atoms with Gasteiger partial charge in [0, 0.05) is 37.4 Å². The van der Waals surface area contributed by atoms with Gasteiger partial charge in [-0.05, 0) is 56.4 Å². The van der Waals surface area contributed by atoms with Crippen LogP contribution in [0.25, 0.3) is 0 Å². The van der Waals surface area contributed by atoms with Crippen LogP contribution in [0.2, 0.25) is 0 Å². The van der Waals surface area contributed by atoms with Crippen molar-refractivity contribution in [1.82, 2.24) is 9.80 Å². The van der Waals surface area contributed by atoms with Gasteiger partial charge in [-0.3, -0.25) is 9.59 Å². The van der Waals surface area contributed by atoms with Gasteiger partial charge >= 0.3 is 0 Å². The van der Waals surface area contributed by atoms with E-state index in [1.807, 2.05) is 34.1 Å². The van der Waals surface area contributed by atoms with E-state index in [-0.39, 0.29) is 11.8 Å². The molecule has 5 heteroatoms. The topological polar surface area (TPSA) is 52.7 Å². The quantitative estimate of drug-likeness (QED) is 0.786. The van der Waals surface area contributed by atoms with Gasteiger partial charge in [-0.25, -0.2) is 0 Å². The molecule has 2 amide bonds. The Balaban J connectivity index is 1.87. The molecule has 1 N–H and O–H groups in total. The Bertz CT molecular complexity index is 545. The number of amides is 2. The molecule has 1 aromatic carbocycles. The number of piperidine rings is 1. The van der Waals surface area contributed by atoms with Gasteiger partial charge in [-0.2, -0.15) is 0 Å². The van der Waals surface area contributed by atoms with Gasteiger partial charge < -0.3 is 15.1 Å². The molecule has 0 unspecified atom stereocenters. The number of likely N-dealkylation sites (tertiary alicyclic amines) is 1. The lowest BCUT2D eigenvalue weighted by molar-refractivity contribution is -0.129. The van der Waals surface area contributed by atoms with E-state index in [0.29, 0.717) is 6.54 Å². The molecule has 5 nitrogen and oxygen atoms in total. The maximum Gasteiger partial charge on any atom is 0.253 e. The van der Waals surface area contributed by atoms with Crippen molar-refractivity contribution in [3.05, 3.63) is 29.8 Å². The van der Waals surface area contributed by atoms with E-state index in [0.717, 1.165) is 63.1 Å². The largest absolute Gasteiger partial charge is 0.376 e. The van der Waals surface area contributed by atoms with E-state index in [1.165, 1.54) is 6.42 Å². The van der Waals surface area contributed by atoms with E-state index in [1.54, 1.807) is 0 Å². The monoisotopic (exact) mass is 345 g/mol. The van der Waals surface area contributed by atoms with Gasteiger partial charge in [0.15, 0.2) is 0 Å². The number of anilines is 1. The van der Waals surface area contributed by atoms with Crippen LogP contribution in [0.5, 0.6) is 0 Å². The summed E-state index contributed by atoms with van der Waals surface area (Å²) in [5.74, 6) is 0.233. The summed E-state index contributed by atoms with van der Waals surface area (Å²) in [4.78, 5) is 28.6. The highest BCUT2D eigenvalue weighted by Crippen LogP contribution is 2.15. The highest BCUT2D eigenvalue weighted by atomic mass is 16.2. The minimum atomic E-state index is 0.111. The van der Waals surface area contributed by atoms with Crippen LogP contribution in [0.1, 0.15) is 56.3 Å². The fraction of sp³-hybridized carbons (Fsp3) is 0.600. The Kier molecular flexibility index (Phi) is 7.76. The summed E-state index contributed by atoms with van der Waals surface area (Å²) in [6.45, 7) is 7.79. The van der Waals surface area contributed by atoms with E-state index in [9.17, 15) is 9.59 Å². The van der Waals surface area contributed by atoms with Crippen molar-refractivity contribution in [3.63, 3.8) is 0 Å². The Morgan fingerprint density at radius 1 is 1.00 bits per heavy atom. The van der Waals surface area contributed by atoms with Crippen molar-refractivity contribution < 1.29 is 9.59 Å². The van der Waals surface area contributed by atoms with Crippen molar-refractivity contribution in [2.75, 3.05) is 38.0 Å². The fourth-order valence-corrected chi connectivity index (χ4v) is 3.20. The van der Waals surface area contributed by atoms with Crippen LogP contribution in [0.4, 0.5) is 5.69 Å². The SMILES string of the molecule is CCCN(CCC)C(=O)CNc1ccc(C(=O)N2CCCCC2)cc1. The van der Waals surface area contributed by atoms with Crippen LogP contribution in [-0.4, -0.2) is 54.3 Å². The number of carbonyl (C=O) groups excluding carboxylic acids is 2. The average molecular weight is 345 g/mol. The molecule has 138 valence electrons. The third-order valence-corrected chi connectivity index (χ3v) is 4.56. The second-order valence-electron chi connectivity index (χ2n) is 6.66. The summed E-state index contributed by atoms with van der Waals surface area (Å²) >= 11 is 0. The van der Waals surface area contributed by atoms with Crippen LogP contribution in [0.3, 0.4) is 0 Å². The lowest BCUT2D eigenvalue weighted by Crippen LogP contribution is -2.36. The molecule has 1 fully saturated rings.